The van der Waals surface area contributed by atoms with Gasteiger partial charge in [0.1, 0.15) is 11.6 Å². The highest BCUT2D eigenvalue weighted by Crippen LogP contribution is 2.24. The summed E-state index contributed by atoms with van der Waals surface area (Å²) in [5, 5.41) is 2.81. The Morgan fingerprint density at radius 1 is 1.38 bits per heavy atom. The smallest absolute Gasteiger partial charge is 0.220 e. The van der Waals surface area contributed by atoms with E-state index in [-0.39, 0.29) is 29.8 Å². The largest absolute Gasteiger partial charge is 0.441 e. The summed E-state index contributed by atoms with van der Waals surface area (Å²) < 4.78 is 37.5. The number of carbonyl (C=O) groups is 1. The number of carbonyl (C=O) groups excluding carboxylic acids is 1. The van der Waals surface area contributed by atoms with E-state index in [1.165, 1.54) is 12.3 Å². The van der Waals surface area contributed by atoms with E-state index >= 15 is 0 Å². The second-order valence-electron chi connectivity index (χ2n) is 5.68. The molecule has 1 aliphatic heterocycles. The predicted octanol–water partition coefficient (Wildman–Crippen LogP) is 2.85. The number of rotatable bonds is 6. The monoisotopic (exact) mass is 336 g/mol. The van der Waals surface area contributed by atoms with Crippen LogP contribution in [0, 0.1) is 11.6 Å². The highest BCUT2D eigenvalue weighted by Gasteiger charge is 2.17. The molecule has 1 fully saturated rings. The minimum absolute atomic E-state index is 0.101. The van der Waals surface area contributed by atoms with Crippen molar-refractivity contribution >= 4 is 5.91 Å². The van der Waals surface area contributed by atoms with Gasteiger partial charge < -0.3 is 14.5 Å². The SMILES string of the molecule is O=C(CCc1ncc(-c2ccc(F)cc2F)o1)NCC1CCCO1. The molecule has 128 valence electrons. The zero-order chi connectivity index (χ0) is 16.9. The number of hydrogen-bond donors (Lipinski definition) is 1. The maximum Gasteiger partial charge on any atom is 0.220 e. The second kappa shape index (κ2) is 7.53. The lowest BCUT2D eigenvalue weighted by molar-refractivity contribution is -0.121. The van der Waals surface area contributed by atoms with Gasteiger partial charge in [-0.3, -0.25) is 4.79 Å². The molecule has 1 aromatic carbocycles. The molecule has 3 rings (SSSR count). The number of oxazole rings is 1. The van der Waals surface area contributed by atoms with Crippen molar-refractivity contribution in [3.05, 3.63) is 41.9 Å². The third-order valence-corrected chi connectivity index (χ3v) is 3.87. The number of aryl methyl sites for hydroxylation is 1. The summed E-state index contributed by atoms with van der Waals surface area (Å²) in [5.74, 6) is -0.938. The minimum atomic E-state index is -0.716. The lowest BCUT2D eigenvalue weighted by atomic mass is 10.2. The lowest BCUT2D eigenvalue weighted by Gasteiger charge is -2.10. The average molecular weight is 336 g/mol. The van der Waals surface area contributed by atoms with Gasteiger partial charge in [-0.25, -0.2) is 13.8 Å². The number of nitrogens with zero attached hydrogens (tertiary/aromatic N) is 1. The standard InChI is InChI=1S/C17H18F2N2O3/c18-11-3-4-13(14(19)8-11)15-10-21-17(24-15)6-5-16(22)20-9-12-2-1-7-23-12/h3-4,8,10,12H,1-2,5-7,9H2,(H,20,22). The Labute approximate surface area is 138 Å². The van der Waals surface area contributed by atoms with Gasteiger partial charge >= 0.3 is 0 Å². The van der Waals surface area contributed by atoms with Crippen LogP contribution in [0.3, 0.4) is 0 Å². The molecule has 1 saturated heterocycles. The number of amides is 1. The van der Waals surface area contributed by atoms with Gasteiger partial charge in [0.05, 0.1) is 17.9 Å². The quantitative estimate of drug-likeness (QED) is 0.881. The molecule has 2 aromatic rings. The molecular weight excluding hydrogens is 318 g/mol. The first-order valence-electron chi connectivity index (χ1n) is 7.90. The topological polar surface area (TPSA) is 64.4 Å². The fraction of sp³-hybridized carbons (Fsp3) is 0.412. The first kappa shape index (κ1) is 16.6. The van der Waals surface area contributed by atoms with Crippen LogP contribution in [0.1, 0.15) is 25.2 Å². The zero-order valence-corrected chi connectivity index (χ0v) is 13.1. The molecule has 0 radical (unpaired) electrons. The van der Waals surface area contributed by atoms with Crippen molar-refractivity contribution in [2.75, 3.05) is 13.2 Å². The molecule has 1 amide bonds. The van der Waals surface area contributed by atoms with Crippen LogP contribution in [0.5, 0.6) is 0 Å². The molecule has 24 heavy (non-hydrogen) atoms. The summed E-state index contributed by atoms with van der Waals surface area (Å²) in [5.41, 5.74) is 0.137. The summed E-state index contributed by atoms with van der Waals surface area (Å²) in [6.45, 7) is 1.26. The Hall–Kier alpha value is -2.28. The van der Waals surface area contributed by atoms with E-state index in [4.69, 9.17) is 9.15 Å². The molecule has 1 aromatic heterocycles. The fourth-order valence-corrected chi connectivity index (χ4v) is 2.58. The predicted molar refractivity (Wildman–Crippen MR) is 82.2 cm³/mol. The Morgan fingerprint density at radius 2 is 2.25 bits per heavy atom. The van der Waals surface area contributed by atoms with Crippen molar-refractivity contribution in [2.45, 2.75) is 31.8 Å². The van der Waals surface area contributed by atoms with Crippen LogP contribution < -0.4 is 5.32 Å². The van der Waals surface area contributed by atoms with Crippen LogP contribution in [0.15, 0.2) is 28.8 Å². The van der Waals surface area contributed by atoms with Gasteiger partial charge in [-0.15, -0.1) is 0 Å². The molecule has 1 unspecified atom stereocenters. The number of hydrogen-bond acceptors (Lipinski definition) is 4. The van der Waals surface area contributed by atoms with Crippen molar-refractivity contribution in [3.8, 4) is 11.3 Å². The molecule has 0 saturated carbocycles. The molecule has 1 N–H and O–H groups in total. The summed E-state index contributed by atoms with van der Waals surface area (Å²) in [7, 11) is 0. The van der Waals surface area contributed by atoms with Crippen LogP contribution >= 0.6 is 0 Å². The zero-order valence-electron chi connectivity index (χ0n) is 13.1. The van der Waals surface area contributed by atoms with Gasteiger partial charge in [0.25, 0.3) is 0 Å². The van der Waals surface area contributed by atoms with Gasteiger partial charge in [0.15, 0.2) is 11.7 Å². The summed E-state index contributed by atoms with van der Waals surface area (Å²) in [6, 6.07) is 3.23. The Balaban J connectivity index is 1.51. The second-order valence-corrected chi connectivity index (χ2v) is 5.68. The highest BCUT2D eigenvalue weighted by molar-refractivity contribution is 5.76. The Kier molecular flexibility index (Phi) is 5.20. The van der Waals surface area contributed by atoms with Crippen LogP contribution in [0.25, 0.3) is 11.3 Å². The molecule has 1 atom stereocenters. The molecule has 0 aliphatic carbocycles. The summed E-state index contributed by atoms with van der Waals surface area (Å²) >= 11 is 0. The number of ether oxygens (including phenoxy) is 1. The molecular formula is C17H18F2N2O3. The normalized spacial score (nSPS) is 17.2. The third-order valence-electron chi connectivity index (χ3n) is 3.87. The van der Waals surface area contributed by atoms with Crippen LogP contribution in [0.2, 0.25) is 0 Å². The van der Waals surface area contributed by atoms with Crippen molar-refractivity contribution in [2.24, 2.45) is 0 Å². The van der Waals surface area contributed by atoms with E-state index < -0.39 is 11.6 Å². The van der Waals surface area contributed by atoms with E-state index in [0.29, 0.717) is 18.9 Å². The fourth-order valence-electron chi connectivity index (χ4n) is 2.58. The first-order chi connectivity index (χ1) is 11.6. The highest BCUT2D eigenvalue weighted by atomic mass is 19.1. The summed E-state index contributed by atoms with van der Waals surface area (Å²) in [6.07, 6.45) is 3.99. The molecule has 0 spiro atoms. The van der Waals surface area contributed by atoms with Crippen molar-refractivity contribution < 1.29 is 22.7 Å². The minimum Gasteiger partial charge on any atom is -0.441 e. The molecule has 2 heterocycles. The van der Waals surface area contributed by atoms with Crippen LogP contribution in [-0.2, 0) is 16.0 Å². The van der Waals surface area contributed by atoms with Crippen molar-refractivity contribution in [1.29, 1.82) is 0 Å². The number of nitrogens with one attached hydrogen (secondary N) is 1. The Bertz CT molecular complexity index is 712. The van der Waals surface area contributed by atoms with Crippen LogP contribution in [0.4, 0.5) is 8.78 Å². The number of aromatic nitrogens is 1. The first-order valence-corrected chi connectivity index (χ1v) is 7.90. The van der Waals surface area contributed by atoms with E-state index in [2.05, 4.69) is 10.3 Å². The van der Waals surface area contributed by atoms with Gasteiger partial charge in [-0.05, 0) is 25.0 Å². The van der Waals surface area contributed by atoms with Crippen molar-refractivity contribution in [3.63, 3.8) is 0 Å². The Morgan fingerprint density at radius 3 is 3.00 bits per heavy atom. The summed E-state index contributed by atoms with van der Waals surface area (Å²) in [4.78, 5) is 15.8. The maximum absolute atomic E-state index is 13.7. The third kappa shape index (κ3) is 4.17. The van der Waals surface area contributed by atoms with Gasteiger partial charge in [0, 0.05) is 32.1 Å². The van der Waals surface area contributed by atoms with Crippen molar-refractivity contribution in [1.82, 2.24) is 10.3 Å². The number of benzene rings is 1. The van der Waals surface area contributed by atoms with E-state index in [0.717, 1.165) is 31.6 Å². The van der Waals surface area contributed by atoms with E-state index in [1.54, 1.807) is 0 Å². The van der Waals surface area contributed by atoms with Gasteiger partial charge in [0.2, 0.25) is 5.91 Å². The van der Waals surface area contributed by atoms with E-state index in [1.807, 2.05) is 0 Å². The molecule has 7 heteroatoms. The van der Waals surface area contributed by atoms with Gasteiger partial charge in [-0.1, -0.05) is 0 Å². The maximum atomic E-state index is 13.7. The molecule has 0 bridgehead atoms. The van der Waals surface area contributed by atoms with E-state index in [9.17, 15) is 13.6 Å². The number of halogens is 2. The molecule has 5 nitrogen and oxygen atoms in total. The molecule has 1 aliphatic rings. The van der Waals surface area contributed by atoms with Gasteiger partial charge in [-0.2, -0.15) is 0 Å². The average Bonchev–Trinajstić information content (AvgIpc) is 3.22. The lowest BCUT2D eigenvalue weighted by Crippen LogP contribution is -2.31. The van der Waals surface area contributed by atoms with Crippen LogP contribution in [-0.4, -0.2) is 30.1 Å².